The molecule has 0 spiro atoms. The van der Waals surface area contributed by atoms with Gasteiger partial charge in [0.1, 0.15) is 5.60 Å². The third-order valence-corrected chi connectivity index (χ3v) is 3.73. The molecule has 2 heteroatoms. The second-order valence-electron chi connectivity index (χ2n) is 6.56. The Morgan fingerprint density at radius 3 is 1.80 bits per heavy atom. The summed E-state index contributed by atoms with van der Waals surface area (Å²) in [6, 6.07) is 0. The third-order valence-electron chi connectivity index (χ3n) is 3.73. The van der Waals surface area contributed by atoms with Crippen LogP contribution in [0.4, 0.5) is 0 Å². The highest BCUT2D eigenvalue weighted by molar-refractivity contribution is 5.69. The van der Waals surface area contributed by atoms with Gasteiger partial charge in [-0.1, -0.05) is 71.6 Å². The molecule has 0 unspecified atom stereocenters. The second kappa shape index (κ2) is 12.2. The van der Waals surface area contributed by atoms with E-state index in [9.17, 15) is 4.79 Å². The molecule has 20 heavy (non-hydrogen) atoms. The van der Waals surface area contributed by atoms with Crippen LogP contribution in [0, 0.1) is 0 Å². The Labute approximate surface area is 126 Å². The lowest BCUT2D eigenvalue weighted by molar-refractivity contribution is -0.157. The summed E-state index contributed by atoms with van der Waals surface area (Å²) in [6.07, 6.45) is 14.1. The number of ether oxygens (including phenoxy) is 1. The minimum atomic E-state index is -0.287. The Hall–Kier alpha value is -0.530. The van der Waals surface area contributed by atoms with E-state index in [-0.39, 0.29) is 11.6 Å². The summed E-state index contributed by atoms with van der Waals surface area (Å²) in [7, 11) is 0. The highest BCUT2D eigenvalue weighted by Gasteiger charge is 2.21. The highest BCUT2D eigenvalue weighted by atomic mass is 16.6. The molecule has 120 valence electrons. The van der Waals surface area contributed by atoms with E-state index in [0.717, 1.165) is 25.7 Å². The van der Waals surface area contributed by atoms with E-state index < -0.39 is 0 Å². The Morgan fingerprint density at radius 1 is 0.800 bits per heavy atom. The first-order valence-corrected chi connectivity index (χ1v) is 8.73. The molecule has 0 atom stereocenters. The van der Waals surface area contributed by atoms with Crippen LogP contribution in [0.15, 0.2) is 0 Å². The first-order valence-electron chi connectivity index (χ1n) is 8.73. The minimum Gasteiger partial charge on any atom is -0.460 e. The van der Waals surface area contributed by atoms with E-state index in [4.69, 9.17) is 4.74 Å². The molecule has 0 radical (unpaired) electrons. The van der Waals surface area contributed by atoms with Crippen LogP contribution in [0.1, 0.15) is 105 Å². The zero-order valence-electron chi connectivity index (χ0n) is 14.3. The molecule has 0 aliphatic carbocycles. The van der Waals surface area contributed by atoms with Crippen molar-refractivity contribution in [2.24, 2.45) is 0 Å². The lowest BCUT2D eigenvalue weighted by Crippen LogP contribution is -2.27. The molecule has 0 N–H and O–H groups in total. The van der Waals surface area contributed by atoms with E-state index in [1.54, 1.807) is 0 Å². The first kappa shape index (κ1) is 19.5. The van der Waals surface area contributed by atoms with Gasteiger partial charge in [0, 0.05) is 6.42 Å². The largest absolute Gasteiger partial charge is 0.460 e. The number of carbonyl (C=O) groups excluding carboxylic acids is 1. The molecular weight excluding hydrogens is 248 g/mol. The number of hydrogen-bond donors (Lipinski definition) is 0. The fraction of sp³-hybridized carbons (Fsp3) is 0.944. The van der Waals surface area contributed by atoms with E-state index in [1.165, 1.54) is 44.9 Å². The van der Waals surface area contributed by atoms with E-state index in [2.05, 4.69) is 13.8 Å². The summed E-state index contributed by atoms with van der Waals surface area (Å²) < 4.78 is 5.51. The van der Waals surface area contributed by atoms with Crippen molar-refractivity contribution in [1.82, 2.24) is 0 Å². The van der Waals surface area contributed by atoms with Crippen molar-refractivity contribution in [2.45, 2.75) is 110 Å². The molecule has 0 amide bonds. The van der Waals surface area contributed by atoms with Gasteiger partial charge in [-0.3, -0.25) is 4.79 Å². The fourth-order valence-corrected chi connectivity index (χ4v) is 2.59. The van der Waals surface area contributed by atoms with Crippen LogP contribution < -0.4 is 0 Å². The summed E-state index contributed by atoms with van der Waals surface area (Å²) >= 11 is 0. The summed E-state index contributed by atoms with van der Waals surface area (Å²) in [4.78, 5) is 11.7. The van der Waals surface area contributed by atoms with Crippen molar-refractivity contribution in [3.63, 3.8) is 0 Å². The van der Waals surface area contributed by atoms with Crippen molar-refractivity contribution >= 4 is 5.97 Å². The number of esters is 1. The lowest BCUT2D eigenvalue weighted by Gasteiger charge is -2.24. The predicted molar refractivity (Wildman–Crippen MR) is 86.9 cm³/mol. The molecule has 0 bridgehead atoms. The van der Waals surface area contributed by atoms with Gasteiger partial charge in [0.15, 0.2) is 0 Å². The van der Waals surface area contributed by atoms with Gasteiger partial charge in [-0.2, -0.15) is 0 Å². The van der Waals surface area contributed by atoms with E-state index in [0.29, 0.717) is 6.42 Å². The van der Waals surface area contributed by atoms with Crippen LogP contribution in [0.3, 0.4) is 0 Å². The average Bonchev–Trinajstić information content (AvgIpc) is 2.36. The monoisotopic (exact) mass is 284 g/mol. The van der Waals surface area contributed by atoms with Gasteiger partial charge in [0.2, 0.25) is 0 Å². The topological polar surface area (TPSA) is 26.3 Å². The zero-order chi connectivity index (χ0) is 15.3. The molecule has 0 fully saturated rings. The Bertz CT molecular complexity index is 234. The van der Waals surface area contributed by atoms with Crippen LogP contribution in [-0.4, -0.2) is 11.6 Å². The molecule has 0 saturated carbocycles. The smallest absolute Gasteiger partial charge is 0.306 e. The molecule has 0 aromatic heterocycles. The molecule has 0 saturated heterocycles. The molecule has 0 aromatic carbocycles. The van der Waals surface area contributed by atoms with Gasteiger partial charge in [0.25, 0.3) is 0 Å². The quantitative estimate of drug-likeness (QED) is 0.305. The van der Waals surface area contributed by atoms with Gasteiger partial charge in [-0.15, -0.1) is 0 Å². The number of carbonyl (C=O) groups is 1. The van der Waals surface area contributed by atoms with Gasteiger partial charge in [-0.05, 0) is 26.7 Å². The SMILES string of the molecule is CCCCCCCCCCCC(=O)OC(C)(C)CCC. The lowest BCUT2D eigenvalue weighted by atomic mass is 10.0. The molecule has 0 aliphatic rings. The van der Waals surface area contributed by atoms with Gasteiger partial charge in [-0.25, -0.2) is 0 Å². The second-order valence-corrected chi connectivity index (χ2v) is 6.56. The van der Waals surface area contributed by atoms with Gasteiger partial charge < -0.3 is 4.74 Å². The van der Waals surface area contributed by atoms with Crippen LogP contribution in [-0.2, 0) is 9.53 Å². The Morgan fingerprint density at radius 2 is 1.30 bits per heavy atom. The molecule has 0 aromatic rings. The predicted octanol–water partition coefficient (Wildman–Crippen LogP) is 6.03. The van der Waals surface area contributed by atoms with Crippen molar-refractivity contribution in [3.8, 4) is 0 Å². The zero-order valence-corrected chi connectivity index (χ0v) is 14.3. The maximum absolute atomic E-state index is 11.7. The normalized spacial score (nSPS) is 11.6. The summed E-state index contributed by atoms with van der Waals surface area (Å²) in [5, 5.41) is 0. The summed E-state index contributed by atoms with van der Waals surface area (Å²) in [5.74, 6) is -0.0219. The van der Waals surface area contributed by atoms with Crippen LogP contribution >= 0.6 is 0 Å². The Balaban J connectivity index is 3.40. The highest BCUT2D eigenvalue weighted by Crippen LogP contribution is 2.18. The van der Waals surface area contributed by atoms with E-state index >= 15 is 0 Å². The molecule has 0 rings (SSSR count). The minimum absolute atomic E-state index is 0.0219. The fourth-order valence-electron chi connectivity index (χ4n) is 2.59. The summed E-state index contributed by atoms with van der Waals surface area (Å²) in [6.45, 7) is 8.38. The number of hydrogen-bond acceptors (Lipinski definition) is 2. The molecule has 2 nitrogen and oxygen atoms in total. The van der Waals surface area contributed by atoms with Crippen molar-refractivity contribution in [3.05, 3.63) is 0 Å². The maximum Gasteiger partial charge on any atom is 0.306 e. The first-order chi connectivity index (χ1) is 9.52. The van der Waals surface area contributed by atoms with Crippen molar-refractivity contribution in [1.29, 1.82) is 0 Å². The van der Waals surface area contributed by atoms with Gasteiger partial charge >= 0.3 is 5.97 Å². The molecule has 0 heterocycles. The van der Waals surface area contributed by atoms with Crippen LogP contribution in [0.25, 0.3) is 0 Å². The third kappa shape index (κ3) is 12.5. The molecular formula is C18H36O2. The maximum atomic E-state index is 11.7. The van der Waals surface area contributed by atoms with Gasteiger partial charge in [0.05, 0.1) is 0 Å². The number of unbranched alkanes of at least 4 members (excludes halogenated alkanes) is 8. The van der Waals surface area contributed by atoms with E-state index in [1.807, 2.05) is 13.8 Å². The van der Waals surface area contributed by atoms with Crippen LogP contribution in [0.2, 0.25) is 0 Å². The van der Waals surface area contributed by atoms with Crippen molar-refractivity contribution < 1.29 is 9.53 Å². The Kier molecular flexibility index (Phi) is 11.9. The van der Waals surface area contributed by atoms with Crippen LogP contribution in [0.5, 0.6) is 0 Å². The summed E-state index contributed by atoms with van der Waals surface area (Å²) in [5.41, 5.74) is -0.287. The number of rotatable bonds is 13. The molecule has 0 aliphatic heterocycles. The van der Waals surface area contributed by atoms with Crippen molar-refractivity contribution in [2.75, 3.05) is 0 Å². The average molecular weight is 284 g/mol. The standard InChI is InChI=1S/C18H36O2/c1-5-7-8-9-10-11-12-13-14-15-17(19)20-18(3,4)16-6-2/h5-16H2,1-4H3.